The summed E-state index contributed by atoms with van der Waals surface area (Å²) in [6.45, 7) is 4.40. The van der Waals surface area contributed by atoms with Gasteiger partial charge in [-0.15, -0.1) is 0 Å². The van der Waals surface area contributed by atoms with Crippen LogP contribution in [0.25, 0.3) is 21.5 Å². The van der Waals surface area contributed by atoms with Gasteiger partial charge < -0.3 is 9.47 Å². The first-order valence-electron chi connectivity index (χ1n) is 11.5. The van der Waals surface area contributed by atoms with Crippen molar-refractivity contribution in [2.45, 2.75) is 26.7 Å². The molecule has 0 aliphatic rings. The highest BCUT2D eigenvalue weighted by Gasteiger charge is 2.58. The van der Waals surface area contributed by atoms with Gasteiger partial charge in [-0.3, -0.25) is 9.59 Å². The fourth-order valence-electron chi connectivity index (χ4n) is 4.38. The van der Waals surface area contributed by atoms with Gasteiger partial charge in [0.2, 0.25) is 0 Å². The van der Waals surface area contributed by atoms with E-state index in [-0.39, 0.29) is 13.2 Å². The third-order valence-corrected chi connectivity index (χ3v) is 9.88. The van der Waals surface area contributed by atoms with E-state index in [9.17, 15) is 9.59 Å². The van der Waals surface area contributed by atoms with Crippen molar-refractivity contribution in [3.8, 4) is 0 Å². The Labute approximate surface area is 195 Å². The first kappa shape index (κ1) is 22.7. The third-order valence-electron chi connectivity index (χ3n) is 5.87. The summed E-state index contributed by atoms with van der Waals surface area (Å²) in [5.74, 6) is 0. The van der Waals surface area contributed by atoms with Crippen LogP contribution in [0.5, 0.6) is 0 Å². The molecule has 33 heavy (non-hydrogen) atoms. The second kappa shape index (κ2) is 10.0. The first-order chi connectivity index (χ1) is 16.1. The maximum atomic E-state index is 14.1. The second-order valence-electron chi connectivity index (χ2n) is 8.08. The molecular formula is C28H28O4Si. The molecule has 0 aliphatic heterocycles. The normalized spacial score (nSPS) is 11.5. The number of rotatable bonds is 8. The van der Waals surface area contributed by atoms with Gasteiger partial charge in [-0.2, -0.15) is 0 Å². The lowest BCUT2D eigenvalue weighted by molar-refractivity contribution is 0.162. The number of carbonyl (C=O) groups is 2. The molecule has 0 N–H and O–H groups in total. The van der Waals surface area contributed by atoms with Crippen molar-refractivity contribution >= 4 is 51.2 Å². The predicted octanol–water partition coefficient (Wildman–Crippen LogP) is 5.81. The topological polar surface area (TPSA) is 52.6 Å². The van der Waals surface area contributed by atoms with Crippen molar-refractivity contribution in [2.75, 3.05) is 13.2 Å². The number of fused-ring (bicyclic) bond motifs is 2. The lowest BCUT2D eigenvalue weighted by Gasteiger charge is -2.30. The average Bonchev–Trinajstić information content (AvgIpc) is 2.86. The molecule has 0 saturated carbocycles. The zero-order valence-corrected chi connectivity index (χ0v) is 20.0. The summed E-state index contributed by atoms with van der Waals surface area (Å²) in [5.41, 5.74) is -0.948. The van der Waals surface area contributed by atoms with Gasteiger partial charge in [0.05, 0.1) is 13.2 Å². The lowest BCUT2D eigenvalue weighted by atomic mass is 10.1. The molecule has 4 rings (SSSR count). The molecule has 4 aromatic rings. The number of ether oxygens (including phenoxy) is 2. The lowest BCUT2D eigenvalue weighted by Crippen LogP contribution is -2.71. The summed E-state index contributed by atoms with van der Waals surface area (Å²) in [4.78, 5) is 28.1. The Morgan fingerprint density at radius 3 is 1.42 bits per heavy atom. The number of benzene rings is 4. The Morgan fingerprint density at radius 1 is 0.606 bits per heavy atom. The van der Waals surface area contributed by atoms with Crippen LogP contribution >= 0.6 is 0 Å². The van der Waals surface area contributed by atoms with Crippen LogP contribution in [-0.2, 0) is 9.47 Å². The van der Waals surface area contributed by atoms with Crippen LogP contribution in [0, 0.1) is 0 Å². The van der Waals surface area contributed by atoms with Crippen molar-refractivity contribution in [3.63, 3.8) is 0 Å². The van der Waals surface area contributed by atoms with E-state index in [1.54, 1.807) is 0 Å². The van der Waals surface area contributed by atoms with E-state index in [1.807, 2.05) is 98.8 Å². The minimum Gasteiger partial charge on any atom is -0.469 e. The molecule has 0 aromatic heterocycles. The Bertz CT molecular complexity index is 1190. The summed E-state index contributed by atoms with van der Waals surface area (Å²) in [5, 5.41) is 5.11. The minimum atomic E-state index is -3.88. The van der Waals surface area contributed by atoms with Crippen molar-refractivity contribution in [1.29, 1.82) is 0 Å². The van der Waals surface area contributed by atoms with Gasteiger partial charge >= 0.3 is 8.07 Å². The fourth-order valence-corrected chi connectivity index (χ4v) is 8.31. The van der Waals surface area contributed by atoms with Crippen molar-refractivity contribution in [2.24, 2.45) is 0 Å². The molecular weight excluding hydrogens is 428 g/mol. The largest absolute Gasteiger partial charge is 0.469 e. The van der Waals surface area contributed by atoms with Gasteiger partial charge in [0.15, 0.2) is 0 Å². The minimum absolute atomic E-state index is 0.254. The van der Waals surface area contributed by atoms with Gasteiger partial charge in [-0.25, -0.2) is 0 Å². The molecule has 0 unspecified atom stereocenters. The quantitative estimate of drug-likeness (QED) is 0.314. The highest BCUT2D eigenvalue weighted by atomic mass is 28.3. The Kier molecular flexibility index (Phi) is 6.89. The third kappa shape index (κ3) is 4.05. The van der Waals surface area contributed by atoms with E-state index in [2.05, 4.69) is 0 Å². The molecule has 0 bridgehead atoms. The zero-order chi connectivity index (χ0) is 23.3. The smallest absolute Gasteiger partial charge is 0.372 e. The maximum Gasteiger partial charge on any atom is 0.372 e. The second-order valence-corrected chi connectivity index (χ2v) is 11.5. The van der Waals surface area contributed by atoms with E-state index >= 15 is 0 Å². The summed E-state index contributed by atoms with van der Waals surface area (Å²) in [6.07, 6.45) is 1.34. The summed E-state index contributed by atoms with van der Waals surface area (Å²) in [7, 11) is -3.88. The van der Waals surface area contributed by atoms with Crippen LogP contribution in [0.1, 0.15) is 26.7 Å². The molecule has 4 nitrogen and oxygen atoms in total. The van der Waals surface area contributed by atoms with Crippen LogP contribution in [0.2, 0.25) is 0 Å². The van der Waals surface area contributed by atoms with Crippen LogP contribution in [0.4, 0.5) is 9.59 Å². The molecule has 0 heterocycles. The van der Waals surface area contributed by atoms with Crippen LogP contribution in [0.3, 0.4) is 0 Å². The average molecular weight is 457 g/mol. The Balaban J connectivity index is 2.13. The molecule has 0 radical (unpaired) electrons. The zero-order valence-electron chi connectivity index (χ0n) is 19.0. The maximum absolute atomic E-state index is 14.1. The Morgan fingerprint density at radius 2 is 1.00 bits per heavy atom. The van der Waals surface area contributed by atoms with Crippen LogP contribution < -0.4 is 10.4 Å². The SMILES string of the molecule is CCCOC(=O)[Si](C(=O)OCCC)(c1cccc2ccccc12)c1cccc2ccccc12. The van der Waals surface area contributed by atoms with Gasteiger partial charge in [0, 0.05) is 0 Å². The van der Waals surface area contributed by atoms with E-state index in [1.165, 1.54) is 0 Å². The molecule has 5 heteroatoms. The predicted molar refractivity (Wildman–Crippen MR) is 136 cm³/mol. The molecule has 0 aliphatic carbocycles. The fraction of sp³-hybridized carbons (Fsp3) is 0.214. The molecule has 4 aromatic carbocycles. The van der Waals surface area contributed by atoms with Crippen LogP contribution in [0.15, 0.2) is 84.9 Å². The number of hydrogen-bond acceptors (Lipinski definition) is 4. The van der Waals surface area contributed by atoms with Gasteiger partial charge in [0.25, 0.3) is 11.2 Å². The number of carbonyl (C=O) groups excluding carboxylic acids is 2. The first-order valence-corrected chi connectivity index (χ1v) is 13.5. The van der Waals surface area contributed by atoms with E-state index in [0.717, 1.165) is 21.5 Å². The molecule has 0 amide bonds. The standard InChI is InChI=1S/C28H28O4Si/c1-3-19-31-27(29)33(28(30)32-20-4-2,25-17-9-13-21-11-5-7-15-23(21)25)26-18-10-14-22-12-6-8-16-24(22)26/h5-18H,3-4,19-20H2,1-2H3. The molecule has 0 saturated heterocycles. The molecule has 0 fully saturated rings. The van der Waals surface area contributed by atoms with E-state index in [4.69, 9.17) is 9.47 Å². The van der Waals surface area contributed by atoms with Gasteiger partial charge in [-0.05, 0) is 44.8 Å². The highest BCUT2D eigenvalue weighted by Crippen LogP contribution is 2.24. The summed E-state index contributed by atoms with van der Waals surface area (Å²) >= 11 is 0. The van der Waals surface area contributed by atoms with E-state index in [0.29, 0.717) is 23.2 Å². The van der Waals surface area contributed by atoms with Crippen molar-refractivity contribution in [3.05, 3.63) is 84.9 Å². The van der Waals surface area contributed by atoms with Crippen molar-refractivity contribution < 1.29 is 19.1 Å². The van der Waals surface area contributed by atoms with Gasteiger partial charge in [0.1, 0.15) is 0 Å². The van der Waals surface area contributed by atoms with Gasteiger partial charge in [-0.1, -0.05) is 98.8 Å². The van der Waals surface area contributed by atoms with Crippen LogP contribution in [-0.4, -0.2) is 32.5 Å². The van der Waals surface area contributed by atoms with Crippen molar-refractivity contribution in [1.82, 2.24) is 0 Å². The molecule has 0 spiro atoms. The Hall–Kier alpha value is -3.44. The van der Waals surface area contributed by atoms with E-state index < -0.39 is 19.3 Å². The summed E-state index contributed by atoms with van der Waals surface area (Å²) in [6, 6.07) is 27.3. The summed E-state index contributed by atoms with van der Waals surface area (Å²) < 4.78 is 11.6. The number of hydrogen-bond donors (Lipinski definition) is 0. The molecule has 0 atom stereocenters. The highest BCUT2D eigenvalue weighted by molar-refractivity contribution is 7.38. The monoisotopic (exact) mass is 456 g/mol. The molecule has 168 valence electrons.